The van der Waals surface area contributed by atoms with Gasteiger partial charge in [-0.1, -0.05) is 18.5 Å². The predicted molar refractivity (Wildman–Crippen MR) is 66.3 cm³/mol. The van der Waals surface area contributed by atoms with Crippen LogP contribution in [0.15, 0.2) is 23.2 Å². The Bertz CT molecular complexity index is 480. The lowest BCUT2D eigenvalue weighted by Gasteiger charge is -2.18. The van der Waals surface area contributed by atoms with Crippen molar-refractivity contribution in [2.75, 3.05) is 6.54 Å². The number of alkyl halides is 3. The maximum absolute atomic E-state index is 12.7. The van der Waals surface area contributed by atoms with Crippen molar-refractivity contribution >= 4 is 17.3 Å². The highest BCUT2D eigenvalue weighted by molar-refractivity contribution is 6.31. The monoisotopic (exact) mass is 275 g/mol. The molecule has 0 amide bonds. The van der Waals surface area contributed by atoms with Gasteiger partial charge in [-0.3, -0.25) is 4.99 Å². The topological polar surface area (TPSA) is 12.4 Å². The lowest BCUT2D eigenvalue weighted by molar-refractivity contribution is -0.137. The molecule has 1 aromatic carbocycles. The zero-order valence-electron chi connectivity index (χ0n) is 9.89. The standard InChI is InChI=1S/C13H13ClF3N/c1-8-2-3-12(18-7-8)9-4-10(13(15,16)17)6-11(14)5-9/h4-6,8H,2-3,7H2,1H3. The van der Waals surface area contributed by atoms with Crippen LogP contribution in [-0.2, 0) is 6.18 Å². The molecule has 0 saturated carbocycles. The SMILES string of the molecule is CC1CCC(c2cc(Cl)cc(C(F)(F)F)c2)=NC1. The summed E-state index contributed by atoms with van der Waals surface area (Å²) in [5.41, 5.74) is 0.495. The van der Waals surface area contributed by atoms with E-state index >= 15 is 0 Å². The Hall–Kier alpha value is -1.03. The van der Waals surface area contributed by atoms with Crippen molar-refractivity contribution in [2.24, 2.45) is 10.9 Å². The Morgan fingerprint density at radius 1 is 1.28 bits per heavy atom. The molecule has 98 valence electrons. The molecule has 0 aliphatic carbocycles. The third kappa shape index (κ3) is 3.05. The number of rotatable bonds is 1. The summed E-state index contributed by atoms with van der Waals surface area (Å²) in [6.45, 7) is 2.75. The van der Waals surface area contributed by atoms with Crippen LogP contribution in [0.4, 0.5) is 13.2 Å². The van der Waals surface area contributed by atoms with E-state index in [1.807, 2.05) is 0 Å². The average molecular weight is 276 g/mol. The lowest BCUT2D eigenvalue weighted by Crippen LogP contribution is -2.15. The number of hydrogen-bond donors (Lipinski definition) is 0. The van der Waals surface area contributed by atoms with Crippen molar-refractivity contribution < 1.29 is 13.2 Å². The van der Waals surface area contributed by atoms with Crippen LogP contribution in [0.25, 0.3) is 0 Å². The third-order valence-corrected chi connectivity index (χ3v) is 3.24. The molecule has 1 aliphatic heterocycles. The largest absolute Gasteiger partial charge is 0.416 e. The Labute approximate surface area is 109 Å². The first-order valence-electron chi connectivity index (χ1n) is 5.78. The van der Waals surface area contributed by atoms with Crippen LogP contribution in [0.1, 0.15) is 30.9 Å². The first-order valence-corrected chi connectivity index (χ1v) is 6.15. The minimum atomic E-state index is -4.37. The minimum absolute atomic E-state index is 0.0983. The van der Waals surface area contributed by atoms with Gasteiger partial charge in [-0.05, 0) is 42.5 Å². The molecule has 1 unspecified atom stereocenters. The summed E-state index contributed by atoms with van der Waals surface area (Å²) in [6.07, 6.45) is -2.71. The molecule has 0 radical (unpaired) electrons. The van der Waals surface area contributed by atoms with Gasteiger partial charge in [0.1, 0.15) is 0 Å². The van der Waals surface area contributed by atoms with E-state index in [4.69, 9.17) is 11.6 Å². The van der Waals surface area contributed by atoms with Gasteiger partial charge in [0.25, 0.3) is 0 Å². The summed E-state index contributed by atoms with van der Waals surface area (Å²) >= 11 is 5.75. The van der Waals surface area contributed by atoms with E-state index in [0.717, 1.165) is 24.3 Å². The number of aliphatic imine (C=N–C) groups is 1. The number of hydrogen-bond acceptors (Lipinski definition) is 1. The van der Waals surface area contributed by atoms with Gasteiger partial charge in [-0.15, -0.1) is 0 Å². The van der Waals surface area contributed by atoms with Gasteiger partial charge in [0.2, 0.25) is 0 Å². The van der Waals surface area contributed by atoms with Crippen molar-refractivity contribution in [1.82, 2.24) is 0 Å². The highest BCUT2D eigenvalue weighted by Crippen LogP contribution is 2.32. The van der Waals surface area contributed by atoms with E-state index in [1.165, 1.54) is 0 Å². The molecule has 0 saturated heterocycles. The zero-order valence-corrected chi connectivity index (χ0v) is 10.6. The normalized spacial score (nSPS) is 20.7. The Kier molecular flexibility index (Phi) is 3.66. The first-order chi connectivity index (χ1) is 8.36. The molecule has 0 spiro atoms. The molecular formula is C13H13ClF3N. The molecule has 0 bridgehead atoms. The van der Waals surface area contributed by atoms with Gasteiger partial charge in [0, 0.05) is 17.3 Å². The van der Waals surface area contributed by atoms with E-state index in [1.54, 1.807) is 6.07 Å². The van der Waals surface area contributed by atoms with Crippen LogP contribution in [0.5, 0.6) is 0 Å². The molecule has 1 heterocycles. The maximum Gasteiger partial charge on any atom is 0.416 e. The molecular weight excluding hydrogens is 263 g/mol. The van der Waals surface area contributed by atoms with E-state index in [-0.39, 0.29) is 5.02 Å². The first kappa shape index (κ1) is 13.4. The molecule has 0 aromatic heterocycles. The fourth-order valence-corrected chi connectivity index (χ4v) is 2.21. The van der Waals surface area contributed by atoms with E-state index in [9.17, 15) is 13.2 Å². The Morgan fingerprint density at radius 3 is 2.56 bits per heavy atom. The maximum atomic E-state index is 12.7. The summed E-state index contributed by atoms with van der Waals surface area (Å²) in [5.74, 6) is 0.495. The van der Waals surface area contributed by atoms with Crippen LogP contribution in [0.3, 0.4) is 0 Å². The molecule has 1 atom stereocenters. The van der Waals surface area contributed by atoms with Gasteiger partial charge in [-0.2, -0.15) is 13.2 Å². The highest BCUT2D eigenvalue weighted by Gasteiger charge is 2.31. The van der Waals surface area contributed by atoms with E-state index in [2.05, 4.69) is 11.9 Å². The minimum Gasteiger partial charge on any atom is -0.289 e. The molecule has 5 heteroatoms. The number of benzene rings is 1. The predicted octanol–water partition coefficient (Wildman–Crippen LogP) is 4.58. The second-order valence-electron chi connectivity index (χ2n) is 4.66. The van der Waals surface area contributed by atoms with E-state index in [0.29, 0.717) is 24.4 Å². The fraction of sp³-hybridized carbons (Fsp3) is 0.462. The zero-order chi connectivity index (χ0) is 13.3. The van der Waals surface area contributed by atoms with Crippen molar-refractivity contribution in [1.29, 1.82) is 0 Å². The van der Waals surface area contributed by atoms with Crippen molar-refractivity contribution in [2.45, 2.75) is 25.9 Å². The van der Waals surface area contributed by atoms with Gasteiger partial charge in [0.05, 0.1) is 5.56 Å². The summed E-state index contributed by atoms with van der Waals surface area (Å²) in [7, 11) is 0. The Morgan fingerprint density at radius 2 is 2.00 bits per heavy atom. The van der Waals surface area contributed by atoms with E-state index < -0.39 is 11.7 Å². The van der Waals surface area contributed by atoms with Gasteiger partial charge in [-0.25, -0.2) is 0 Å². The fourth-order valence-electron chi connectivity index (χ4n) is 1.98. The second kappa shape index (κ2) is 4.92. The molecule has 18 heavy (non-hydrogen) atoms. The lowest BCUT2D eigenvalue weighted by atomic mass is 9.95. The summed E-state index contributed by atoms with van der Waals surface area (Å²) in [6, 6.07) is 3.61. The van der Waals surface area contributed by atoms with Crippen LogP contribution in [0, 0.1) is 5.92 Å². The molecule has 1 nitrogen and oxygen atoms in total. The summed E-state index contributed by atoms with van der Waals surface area (Å²) in [5, 5.41) is 0.0983. The van der Waals surface area contributed by atoms with Crippen LogP contribution >= 0.6 is 11.6 Å². The molecule has 1 aromatic rings. The van der Waals surface area contributed by atoms with Gasteiger partial charge in [0.15, 0.2) is 0 Å². The van der Waals surface area contributed by atoms with Crippen LogP contribution in [0.2, 0.25) is 5.02 Å². The summed E-state index contributed by atoms with van der Waals surface area (Å²) in [4.78, 5) is 4.34. The van der Waals surface area contributed by atoms with Crippen molar-refractivity contribution in [3.05, 3.63) is 34.3 Å². The second-order valence-corrected chi connectivity index (χ2v) is 5.09. The number of nitrogens with zero attached hydrogens (tertiary/aromatic N) is 1. The third-order valence-electron chi connectivity index (χ3n) is 3.03. The summed E-state index contributed by atoms with van der Waals surface area (Å²) < 4.78 is 38.0. The van der Waals surface area contributed by atoms with Crippen molar-refractivity contribution in [3.63, 3.8) is 0 Å². The van der Waals surface area contributed by atoms with Crippen molar-refractivity contribution in [3.8, 4) is 0 Å². The smallest absolute Gasteiger partial charge is 0.289 e. The quantitative estimate of drug-likeness (QED) is 0.711. The molecule has 0 fully saturated rings. The van der Waals surface area contributed by atoms with Crippen LogP contribution in [-0.4, -0.2) is 12.3 Å². The van der Waals surface area contributed by atoms with Gasteiger partial charge >= 0.3 is 6.18 Å². The average Bonchev–Trinajstić information content (AvgIpc) is 2.28. The molecule has 0 N–H and O–H groups in total. The van der Waals surface area contributed by atoms with Gasteiger partial charge < -0.3 is 0 Å². The highest BCUT2D eigenvalue weighted by atomic mass is 35.5. The molecule has 1 aliphatic rings. The van der Waals surface area contributed by atoms with Crippen LogP contribution < -0.4 is 0 Å². The number of halogens is 4. The molecule has 2 rings (SSSR count). The Balaban J connectivity index is 2.37.